The molecule has 1 fully saturated rings. The van der Waals surface area contributed by atoms with Crippen LogP contribution in [0.25, 0.3) is 11.1 Å². The Bertz CT molecular complexity index is 1270. The molecule has 0 N–H and O–H groups in total. The number of oxazole rings is 1. The van der Waals surface area contributed by atoms with Crippen molar-refractivity contribution in [1.82, 2.24) is 9.47 Å². The summed E-state index contributed by atoms with van der Waals surface area (Å²) in [5.41, 5.74) is -0.832. The highest BCUT2D eigenvalue weighted by Crippen LogP contribution is 2.36. The molecule has 1 amide bonds. The largest absolute Gasteiger partial charge is 0.420 e. The minimum atomic E-state index is -4.69. The van der Waals surface area contributed by atoms with Crippen LogP contribution in [0, 0.1) is 10.1 Å². The average molecular weight is 464 g/mol. The van der Waals surface area contributed by atoms with Crippen LogP contribution in [-0.4, -0.2) is 46.5 Å². The second-order valence-corrected chi connectivity index (χ2v) is 7.65. The fourth-order valence-electron chi connectivity index (χ4n) is 4.01. The molecule has 1 aliphatic heterocycles. The SMILES string of the molecule is CC(C(=O)N1CCN(c2ccc(C(F)(F)F)cc2[N+](=O)[O-])CC1)n1c(=O)oc2ccccc21. The number of nitro benzene ring substituents is 1. The maximum absolute atomic E-state index is 13.0. The van der Waals surface area contributed by atoms with Crippen molar-refractivity contribution in [3.8, 4) is 0 Å². The zero-order chi connectivity index (χ0) is 23.9. The lowest BCUT2D eigenvalue weighted by Gasteiger charge is -2.37. The van der Waals surface area contributed by atoms with E-state index in [1.54, 1.807) is 36.1 Å². The van der Waals surface area contributed by atoms with E-state index < -0.39 is 34.1 Å². The summed E-state index contributed by atoms with van der Waals surface area (Å²) >= 11 is 0. The van der Waals surface area contributed by atoms with Gasteiger partial charge in [-0.05, 0) is 31.2 Å². The fraction of sp³-hybridized carbons (Fsp3) is 0.333. The van der Waals surface area contributed by atoms with Gasteiger partial charge in [-0.15, -0.1) is 0 Å². The van der Waals surface area contributed by atoms with E-state index in [2.05, 4.69) is 0 Å². The molecule has 0 aliphatic carbocycles. The van der Waals surface area contributed by atoms with Gasteiger partial charge in [0, 0.05) is 32.2 Å². The lowest BCUT2D eigenvalue weighted by Crippen LogP contribution is -2.51. The molecule has 0 spiro atoms. The van der Waals surface area contributed by atoms with Crippen LogP contribution in [0.2, 0.25) is 0 Å². The van der Waals surface area contributed by atoms with Crippen LogP contribution in [0.1, 0.15) is 18.5 Å². The van der Waals surface area contributed by atoms with Gasteiger partial charge >= 0.3 is 11.9 Å². The molecule has 1 atom stereocenters. The van der Waals surface area contributed by atoms with E-state index in [-0.39, 0.29) is 37.8 Å². The van der Waals surface area contributed by atoms with Crippen LogP contribution < -0.4 is 10.7 Å². The highest BCUT2D eigenvalue weighted by atomic mass is 19.4. The molecule has 174 valence electrons. The first kappa shape index (κ1) is 22.4. The van der Waals surface area contributed by atoms with E-state index in [9.17, 15) is 32.9 Å². The van der Waals surface area contributed by atoms with Gasteiger partial charge in [-0.3, -0.25) is 19.5 Å². The number of hydrogen-bond donors (Lipinski definition) is 0. The van der Waals surface area contributed by atoms with E-state index in [0.29, 0.717) is 17.2 Å². The minimum Gasteiger partial charge on any atom is -0.408 e. The van der Waals surface area contributed by atoms with Crippen LogP contribution in [0.4, 0.5) is 24.5 Å². The number of benzene rings is 2. The van der Waals surface area contributed by atoms with Gasteiger partial charge in [-0.25, -0.2) is 4.79 Å². The molecule has 3 aromatic rings. The molecule has 9 nitrogen and oxygen atoms in total. The summed E-state index contributed by atoms with van der Waals surface area (Å²) in [4.78, 5) is 38.9. The van der Waals surface area contributed by atoms with Crippen LogP contribution in [-0.2, 0) is 11.0 Å². The van der Waals surface area contributed by atoms with Gasteiger partial charge in [0.05, 0.1) is 16.0 Å². The number of halogens is 3. The van der Waals surface area contributed by atoms with Gasteiger partial charge < -0.3 is 14.2 Å². The van der Waals surface area contributed by atoms with Crippen molar-refractivity contribution >= 4 is 28.4 Å². The van der Waals surface area contributed by atoms with Gasteiger partial charge in [0.15, 0.2) is 5.58 Å². The number of amides is 1. The zero-order valence-corrected chi connectivity index (χ0v) is 17.4. The van der Waals surface area contributed by atoms with E-state index in [4.69, 9.17) is 4.42 Å². The lowest BCUT2D eigenvalue weighted by atomic mass is 10.1. The van der Waals surface area contributed by atoms with E-state index >= 15 is 0 Å². The van der Waals surface area contributed by atoms with E-state index in [0.717, 1.165) is 12.1 Å². The van der Waals surface area contributed by atoms with Gasteiger partial charge in [0.25, 0.3) is 5.69 Å². The molecule has 12 heteroatoms. The molecule has 33 heavy (non-hydrogen) atoms. The van der Waals surface area contributed by atoms with Crippen LogP contribution >= 0.6 is 0 Å². The summed E-state index contributed by atoms with van der Waals surface area (Å²) in [5.74, 6) is -0.985. The Balaban J connectivity index is 1.51. The third kappa shape index (κ3) is 4.15. The van der Waals surface area contributed by atoms with Crippen molar-refractivity contribution in [2.75, 3.05) is 31.1 Å². The number of hydrogen-bond acceptors (Lipinski definition) is 6. The van der Waals surface area contributed by atoms with Crippen molar-refractivity contribution in [1.29, 1.82) is 0 Å². The number of aromatic nitrogens is 1. The quantitative estimate of drug-likeness (QED) is 0.433. The highest BCUT2D eigenvalue weighted by Gasteiger charge is 2.35. The molecular weight excluding hydrogens is 445 g/mol. The van der Waals surface area contributed by atoms with E-state index in [1.807, 2.05) is 0 Å². The summed E-state index contributed by atoms with van der Waals surface area (Å²) in [6.45, 7) is 2.33. The Kier molecular flexibility index (Phi) is 5.60. The topological polar surface area (TPSA) is 102 Å². The normalized spacial score (nSPS) is 15.6. The molecule has 0 bridgehead atoms. The number of carbonyl (C=O) groups is 1. The van der Waals surface area contributed by atoms with Crippen molar-refractivity contribution < 1.29 is 27.3 Å². The van der Waals surface area contributed by atoms with Gasteiger partial charge in [-0.1, -0.05) is 12.1 Å². The number of para-hydroxylation sites is 2. The smallest absolute Gasteiger partial charge is 0.408 e. The van der Waals surface area contributed by atoms with Crippen LogP contribution in [0.5, 0.6) is 0 Å². The third-order valence-corrected chi connectivity index (χ3v) is 5.69. The molecular formula is C21H19F3N4O5. The first-order valence-corrected chi connectivity index (χ1v) is 10.1. The standard InChI is InChI=1S/C21H19F3N4O5/c1-13(27-16-4-2-3-5-18(16)33-20(27)30)19(29)26-10-8-25(9-11-26)15-7-6-14(21(22,23)24)12-17(15)28(31)32/h2-7,12-13H,8-11H2,1H3. The number of nitrogens with zero attached hydrogens (tertiary/aromatic N) is 4. The van der Waals surface area contributed by atoms with Crippen molar-refractivity contribution in [3.05, 3.63) is 68.7 Å². The van der Waals surface area contributed by atoms with Crippen molar-refractivity contribution in [2.45, 2.75) is 19.1 Å². The zero-order valence-electron chi connectivity index (χ0n) is 17.4. The number of piperazine rings is 1. The first-order chi connectivity index (χ1) is 15.6. The number of anilines is 1. The monoisotopic (exact) mass is 464 g/mol. The van der Waals surface area contributed by atoms with Gasteiger partial charge in [0.2, 0.25) is 5.91 Å². The second kappa shape index (κ2) is 8.26. The first-order valence-electron chi connectivity index (χ1n) is 10.1. The molecule has 2 aromatic carbocycles. The Morgan fingerprint density at radius 2 is 1.79 bits per heavy atom. The molecule has 2 heterocycles. The molecule has 4 rings (SSSR count). The maximum Gasteiger partial charge on any atom is 0.420 e. The Morgan fingerprint density at radius 1 is 1.12 bits per heavy atom. The summed E-state index contributed by atoms with van der Waals surface area (Å²) in [6.07, 6.45) is -4.69. The average Bonchev–Trinajstić information content (AvgIpc) is 3.12. The second-order valence-electron chi connectivity index (χ2n) is 7.65. The Labute approximate surface area is 184 Å². The van der Waals surface area contributed by atoms with Crippen molar-refractivity contribution in [3.63, 3.8) is 0 Å². The predicted octanol–water partition coefficient (Wildman–Crippen LogP) is 3.43. The third-order valence-electron chi connectivity index (χ3n) is 5.69. The van der Waals surface area contributed by atoms with Gasteiger partial charge in [0.1, 0.15) is 11.7 Å². The van der Waals surface area contributed by atoms with Crippen molar-refractivity contribution in [2.24, 2.45) is 0 Å². The fourth-order valence-corrected chi connectivity index (χ4v) is 4.01. The summed E-state index contributed by atoms with van der Waals surface area (Å²) in [5, 5.41) is 11.4. The molecule has 0 saturated carbocycles. The molecule has 1 aliphatic rings. The molecule has 1 unspecified atom stereocenters. The van der Waals surface area contributed by atoms with E-state index in [1.165, 1.54) is 9.47 Å². The Hall–Kier alpha value is -3.83. The summed E-state index contributed by atoms with van der Waals surface area (Å²) in [6, 6.07) is 8.30. The number of rotatable bonds is 4. The number of nitro groups is 1. The van der Waals surface area contributed by atoms with Crippen LogP contribution in [0.15, 0.2) is 51.7 Å². The van der Waals surface area contributed by atoms with Gasteiger partial charge in [-0.2, -0.15) is 13.2 Å². The maximum atomic E-state index is 13.0. The predicted molar refractivity (Wildman–Crippen MR) is 112 cm³/mol. The molecule has 1 saturated heterocycles. The molecule has 1 aromatic heterocycles. The summed E-state index contributed by atoms with van der Waals surface area (Å²) in [7, 11) is 0. The number of fused-ring (bicyclic) bond motifs is 1. The molecule has 0 radical (unpaired) electrons. The number of carbonyl (C=O) groups excluding carboxylic acids is 1. The lowest BCUT2D eigenvalue weighted by molar-refractivity contribution is -0.384. The highest BCUT2D eigenvalue weighted by molar-refractivity contribution is 5.83. The Morgan fingerprint density at radius 3 is 2.42 bits per heavy atom. The van der Waals surface area contributed by atoms with Crippen LogP contribution in [0.3, 0.4) is 0 Å². The minimum absolute atomic E-state index is 0.0604. The number of alkyl halides is 3. The summed E-state index contributed by atoms with van der Waals surface area (Å²) < 4.78 is 45.3.